The Bertz CT molecular complexity index is 204. The van der Waals surface area contributed by atoms with Crippen LogP contribution in [0.25, 0.3) is 0 Å². The topological polar surface area (TPSA) is 37.3 Å². The van der Waals surface area contributed by atoms with Crippen LogP contribution in [0, 0.1) is 5.92 Å². The van der Waals surface area contributed by atoms with Crippen molar-refractivity contribution in [3.05, 3.63) is 11.6 Å². The van der Waals surface area contributed by atoms with Gasteiger partial charge in [0.05, 0.1) is 6.10 Å². The summed E-state index contributed by atoms with van der Waals surface area (Å²) < 4.78 is 0. The Morgan fingerprint density at radius 1 is 1.50 bits per heavy atom. The zero-order valence-electron chi connectivity index (χ0n) is 7.71. The first kappa shape index (κ1) is 9.46. The van der Waals surface area contributed by atoms with Crippen LogP contribution in [0.4, 0.5) is 0 Å². The van der Waals surface area contributed by atoms with Gasteiger partial charge in [0, 0.05) is 12.0 Å². The Morgan fingerprint density at radius 2 is 2.17 bits per heavy atom. The molecule has 0 radical (unpaired) electrons. The van der Waals surface area contributed by atoms with Crippen molar-refractivity contribution in [2.24, 2.45) is 5.92 Å². The van der Waals surface area contributed by atoms with Gasteiger partial charge in [0.15, 0.2) is 5.78 Å². The van der Waals surface area contributed by atoms with Gasteiger partial charge in [0.2, 0.25) is 0 Å². The van der Waals surface area contributed by atoms with Gasteiger partial charge in [-0.3, -0.25) is 4.79 Å². The molecule has 68 valence electrons. The van der Waals surface area contributed by atoms with Gasteiger partial charge in [0.1, 0.15) is 0 Å². The Hall–Kier alpha value is -0.630. The Kier molecular flexibility index (Phi) is 3.04. The van der Waals surface area contributed by atoms with Crippen LogP contribution in [0.3, 0.4) is 0 Å². The van der Waals surface area contributed by atoms with Crippen LogP contribution >= 0.6 is 0 Å². The molecule has 0 saturated carbocycles. The number of aliphatic hydroxyl groups is 1. The lowest BCUT2D eigenvalue weighted by Crippen LogP contribution is -2.24. The molecular formula is C10H16O2. The van der Waals surface area contributed by atoms with Crippen LogP contribution in [0.5, 0.6) is 0 Å². The molecule has 1 aliphatic rings. The number of carbonyl (C=O) groups excluding carboxylic acids is 1. The fourth-order valence-corrected chi connectivity index (χ4v) is 1.42. The number of hydrogen-bond donors (Lipinski definition) is 1. The van der Waals surface area contributed by atoms with Gasteiger partial charge in [0.25, 0.3) is 0 Å². The molecule has 2 heteroatoms. The second-order valence-electron chi connectivity index (χ2n) is 3.66. The van der Waals surface area contributed by atoms with E-state index in [1.807, 2.05) is 19.9 Å². The van der Waals surface area contributed by atoms with Crippen LogP contribution in [0.15, 0.2) is 11.6 Å². The average molecular weight is 168 g/mol. The van der Waals surface area contributed by atoms with Gasteiger partial charge in [-0.1, -0.05) is 19.9 Å². The second-order valence-corrected chi connectivity index (χ2v) is 3.66. The molecule has 1 atom stereocenters. The van der Waals surface area contributed by atoms with E-state index >= 15 is 0 Å². The first-order valence-electron chi connectivity index (χ1n) is 4.54. The summed E-state index contributed by atoms with van der Waals surface area (Å²) in [5, 5.41) is 9.63. The Balaban J connectivity index is 2.72. The largest absolute Gasteiger partial charge is 0.388 e. The minimum atomic E-state index is -0.558. The lowest BCUT2D eigenvalue weighted by molar-refractivity contribution is -0.117. The number of rotatable bonds is 2. The maximum Gasteiger partial charge on any atom is 0.161 e. The SMILES string of the molecule is CC(C)C(O)C1=CCCCC1=O. The molecule has 0 spiro atoms. The molecule has 0 aliphatic heterocycles. The minimum Gasteiger partial charge on any atom is -0.388 e. The molecule has 0 aromatic carbocycles. The Labute approximate surface area is 73.3 Å². The highest BCUT2D eigenvalue weighted by Crippen LogP contribution is 2.20. The summed E-state index contributed by atoms with van der Waals surface area (Å²) in [4.78, 5) is 11.3. The van der Waals surface area contributed by atoms with Crippen molar-refractivity contribution in [3.63, 3.8) is 0 Å². The lowest BCUT2D eigenvalue weighted by Gasteiger charge is -2.20. The van der Waals surface area contributed by atoms with Gasteiger partial charge in [-0.25, -0.2) is 0 Å². The number of hydrogen-bond acceptors (Lipinski definition) is 2. The summed E-state index contributed by atoms with van der Waals surface area (Å²) in [7, 11) is 0. The lowest BCUT2D eigenvalue weighted by atomic mass is 9.89. The highest BCUT2D eigenvalue weighted by atomic mass is 16.3. The molecule has 0 heterocycles. The third-order valence-corrected chi connectivity index (χ3v) is 2.24. The highest BCUT2D eigenvalue weighted by molar-refractivity contribution is 5.96. The van der Waals surface area contributed by atoms with Gasteiger partial charge in [-0.15, -0.1) is 0 Å². The van der Waals surface area contributed by atoms with Crippen molar-refractivity contribution >= 4 is 5.78 Å². The summed E-state index contributed by atoms with van der Waals surface area (Å²) in [6.45, 7) is 3.85. The third-order valence-electron chi connectivity index (χ3n) is 2.24. The van der Waals surface area contributed by atoms with Crippen LogP contribution in [-0.2, 0) is 4.79 Å². The zero-order chi connectivity index (χ0) is 9.14. The standard InChI is InChI=1S/C10H16O2/c1-7(2)10(12)8-5-3-4-6-9(8)11/h5,7,10,12H,3-4,6H2,1-2H3. The smallest absolute Gasteiger partial charge is 0.161 e. The average Bonchev–Trinajstić information content (AvgIpc) is 2.04. The van der Waals surface area contributed by atoms with E-state index in [-0.39, 0.29) is 11.7 Å². The normalized spacial score (nSPS) is 21.0. The fourth-order valence-electron chi connectivity index (χ4n) is 1.42. The van der Waals surface area contributed by atoms with E-state index in [1.165, 1.54) is 0 Å². The van der Waals surface area contributed by atoms with E-state index in [4.69, 9.17) is 0 Å². The monoisotopic (exact) mass is 168 g/mol. The van der Waals surface area contributed by atoms with Crippen LogP contribution in [-0.4, -0.2) is 17.0 Å². The quantitative estimate of drug-likeness (QED) is 0.681. The van der Waals surface area contributed by atoms with E-state index in [0.717, 1.165) is 12.8 Å². The van der Waals surface area contributed by atoms with Gasteiger partial charge >= 0.3 is 0 Å². The van der Waals surface area contributed by atoms with Crippen molar-refractivity contribution in [3.8, 4) is 0 Å². The predicted octanol–water partition coefficient (Wildman–Crippen LogP) is 1.68. The molecule has 1 rings (SSSR count). The summed E-state index contributed by atoms with van der Waals surface area (Å²) in [5.74, 6) is 0.265. The maximum absolute atomic E-state index is 11.3. The van der Waals surface area contributed by atoms with Crippen LogP contribution in [0.1, 0.15) is 33.1 Å². The zero-order valence-corrected chi connectivity index (χ0v) is 7.71. The van der Waals surface area contributed by atoms with E-state index in [2.05, 4.69) is 0 Å². The fraction of sp³-hybridized carbons (Fsp3) is 0.700. The Morgan fingerprint density at radius 3 is 2.67 bits per heavy atom. The first-order valence-corrected chi connectivity index (χ1v) is 4.54. The molecular weight excluding hydrogens is 152 g/mol. The number of allylic oxidation sites excluding steroid dienone is 1. The molecule has 0 saturated heterocycles. The van der Waals surface area contributed by atoms with E-state index < -0.39 is 6.10 Å². The second kappa shape index (κ2) is 3.85. The van der Waals surface area contributed by atoms with Crippen LogP contribution < -0.4 is 0 Å². The van der Waals surface area contributed by atoms with Gasteiger partial charge in [-0.05, 0) is 18.8 Å². The van der Waals surface area contributed by atoms with Crippen molar-refractivity contribution in [1.29, 1.82) is 0 Å². The maximum atomic E-state index is 11.3. The molecule has 0 bridgehead atoms. The summed E-state index contributed by atoms with van der Waals surface area (Å²) >= 11 is 0. The summed E-state index contributed by atoms with van der Waals surface area (Å²) in [6.07, 6.45) is 3.81. The van der Waals surface area contributed by atoms with Crippen molar-refractivity contribution in [1.82, 2.24) is 0 Å². The molecule has 1 aliphatic carbocycles. The molecule has 2 nitrogen and oxygen atoms in total. The number of carbonyl (C=O) groups is 1. The van der Waals surface area contributed by atoms with E-state index in [1.54, 1.807) is 0 Å². The van der Waals surface area contributed by atoms with E-state index in [0.29, 0.717) is 12.0 Å². The van der Waals surface area contributed by atoms with Crippen LogP contribution in [0.2, 0.25) is 0 Å². The first-order chi connectivity index (χ1) is 5.63. The minimum absolute atomic E-state index is 0.127. The molecule has 0 aromatic heterocycles. The highest BCUT2D eigenvalue weighted by Gasteiger charge is 2.22. The van der Waals surface area contributed by atoms with Gasteiger partial charge < -0.3 is 5.11 Å². The van der Waals surface area contributed by atoms with E-state index in [9.17, 15) is 9.90 Å². The van der Waals surface area contributed by atoms with Crippen molar-refractivity contribution in [2.75, 3.05) is 0 Å². The molecule has 0 fully saturated rings. The number of aliphatic hydroxyl groups excluding tert-OH is 1. The van der Waals surface area contributed by atoms with Crippen molar-refractivity contribution < 1.29 is 9.90 Å². The predicted molar refractivity (Wildman–Crippen MR) is 47.8 cm³/mol. The summed E-state index contributed by atoms with van der Waals surface area (Å²) in [6, 6.07) is 0. The molecule has 0 amide bonds. The van der Waals surface area contributed by atoms with Gasteiger partial charge in [-0.2, -0.15) is 0 Å². The third kappa shape index (κ3) is 1.95. The molecule has 0 aromatic rings. The number of Topliss-reactive ketones (excluding diaryl/α,β-unsaturated/α-hetero) is 1. The molecule has 1 N–H and O–H groups in total. The molecule has 12 heavy (non-hydrogen) atoms. The van der Waals surface area contributed by atoms with Crippen molar-refractivity contribution in [2.45, 2.75) is 39.2 Å². The number of ketones is 1. The molecule has 1 unspecified atom stereocenters. The summed E-state index contributed by atoms with van der Waals surface area (Å²) in [5.41, 5.74) is 0.635.